The van der Waals surface area contributed by atoms with Crippen molar-refractivity contribution in [3.63, 3.8) is 0 Å². The van der Waals surface area contributed by atoms with Crippen molar-refractivity contribution in [2.45, 2.75) is 50.7 Å². The maximum atomic E-state index is 14.9. The molecular weight excluding hydrogens is 520 g/mol. The number of hydrogen-bond acceptors (Lipinski definition) is 5. The molecule has 1 aromatic carbocycles. The number of amides is 2. The van der Waals surface area contributed by atoms with E-state index in [0.717, 1.165) is 17.2 Å². The van der Waals surface area contributed by atoms with E-state index in [1.54, 1.807) is 19.9 Å². The van der Waals surface area contributed by atoms with Gasteiger partial charge in [-0.3, -0.25) is 14.6 Å². The van der Waals surface area contributed by atoms with Crippen LogP contribution in [0.3, 0.4) is 0 Å². The van der Waals surface area contributed by atoms with Crippen molar-refractivity contribution < 1.29 is 45.4 Å². The Kier molecular flexibility index (Phi) is 8.90. The molecule has 38 heavy (non-hydrogen) atoms. The third-order valence-electron chi connectivity index (χ3n) is 5.96. The summed E-state index contributed by atoms with van der Waals surface area (Å²) in [5.41, 5.74) is -0.353. The maximum Gasteiger partial charge on any atom is 0.397 e. The van der Waals surface area contributed by atoms with Gasteiger partial charge >= 0.3 is 6.18 Å². The fourth-order valence-electron chi connectivity index (χ4n) is 4.24. The summed E-state index contributed by atoms with van der Waals surface area (Å²) in [5, 5.41) is 2.43. The molecule has 1 unspecified atom stereocenters. The van der Waals surface area contributed by atoms with Crippen LogP contribution in [0.4, 0.5) is 32.0 Å². The molecule has 1 aliphatic rings. The molecule has 1 aliphatic heterocycles. The third-order valence-corrected chi connectivity index (χ3v) is 5.96. The van der Waals surface area contributed by atoms with Crippen LogP contribution in [0.1, 0.15) is 43.1 Å². The lowest BCUT2D eigenvalue weighted by Crippen LogP contribution is -2.46. The van der Waals surface area contributed by atoms with Gasteiger partial charge in [0.25, 0.3) is 12.3 Å². The summed E-state index contributed by atoms with van der Waals surface area (Å²) in [5.74, 6) is -2.52. The zero-order valence-corrected chi connectivity index (χ0v) is 20.9. The second kappa shape index (κ2) is 11.6. The first-order chi connectivity index (χ1) is 17.7. The van der Waals surface area contributed by atoms with Gasteiger partial charge in [0.15, 0.2) is 0 Å². The minimum atomic E-state index is -4.77. The summed E-state index contributed by atoms with van der Waals surface area (Å²) in [6.45, 7) is 1.87. The molecule has 2 aromatic rings. The number of fused-ring (bicyclic) bond motifs is 1. The first kappa shape index (κ1) is 29.2. The molecule has 208 valence electrons. The molecule has 0 saturated carbocycles. The molecule has 0 fully saturated rings. The number of methoxy groups -OCH3 is 1. The summed E-state index contributed by atoms with van der Waals surface area (Å²) in [4.78, 5) is 30.7. The van der Waals surface area contributed by atoms with Gasteiger partial charge in [0.05, 0.1) is 31.3 Å². The Bertz CT molecular complexity index is 1170. The molecule has 2 amide bonds. The van der Waals surface area contributed by atoms with Crippen LogP contribution in [0.15, 0.2) is 30.5 Å². The summed E-state index contributed by atoms with van der Waals surface area (Å²) in [6, 6.07) is 4.19. The van der Waals surface area contributed by atoms with Crippen LogP contribution < -0.4 is 10.1 Å². The number of hydrogen-bond donors (Lipinski definition) is 1. The fourth-order valence-corrected chi connectivity index (χ4v) is 4.24. The van der Waals surface area contributed by atoms with Gasteiger partial charge in [-0.05, 0) is 29.7 Å². The van der Waals surface area contributed by atoms with Crippen molar-refractivity contribution >= 4 is 17.5 Å². The first-order valence-corrected chi connectivity index (χ1v) is 11.6. The van der Waals surface area contributed by atoms with Crippen molar-refractivity contribution in [2.75, 3.05) is 32.2 Å². The van der Waals surface area contributed by atoms with Crippen molar-refractivity contribution in [2.24, 2.45) is 0 Å². The van der Waals surface area contributed by atoms with Crippen LogP contribution in [0, 0.1) is 5.82 Å². The number of rotatable bonds is 9. The predicted octanol–water partition coefficient (Wildman–Crippen LogP) is 4.81. The fraction of sp³-hybridized carbons (Fsp3) is 0.480. The average Bonchev–Trinajstić information content (AvgIpc) is 2.81. The van der Waals surface area contributed by atoms with E-state index in [9.17, 15) is 35.9 Å². The van der Waals surface area contributed by atoms with Crippen molar-refractivity contribution in [1.29, 1.82) is 0 Å². The number of alkyl halides is 5. The van der Waals surface area contributed by atoms with E-state index in [1.165, 1.54) is 19.2 Å². The molecule has 0 bridgehead atoms. The van der Waals surface area contributed by atoms with E-state index in [4.69, 9.17) is 9.47 Å². The van der Waals surface area contributed by atoms with Gasteiger partial charge in [-0.1, -0.05) is 19.9 Å². The van der Waals surface area contributed by atoms with E-state index in [1.807, 2.05) is 0 Å². The van der Waals surface area contributed by atoms with Crippen LogP contribution in [0.2, 0.25) is 0 Å². The summed E-state index contributed by atoms with van der Waals surface area (Å²) >= 11 is 0. The predicted molar refractivity (Wildman–Crippen MR) is 124 cm³/mol. The molecule has 0 radical (unpaired) electrons. The molecule has 0 aliphatic carbocycles. The van der Waals surface area contributed by atoms with E-state index in [2.05, 4.69) is 10.3 Å². The van der Waals surface area contributed by atoms with Crippen molar-refractivity contribution in [3.8, 4) is 5.75 Å². The highest BCUT2D eigenvalue weighted by Crippen LogP contribution is 2.35. The monoisotopic (exact) mass is 547 g/mol. The summed E-state index contributed by atoms with van der Waals surface area (Å²) in [6.07, 6.45) is -7.86. The molecule has 3 rings (SSSR count). The standard InChI is InChI=1S/C25H27F6N3O4/c1-24(2,13-38-12-19(27)28)22-18(26)9-15(11-32-22)33-23(36)21-17-5-4-16(37-3)8-14(17)6-7-34(21)20(35)10-25(29,30)31/h4-5,8-9,11,19,21H,6-7,10,12-13H2,1-3H3,(H,33,36). The highest BCUT2D eigenvalue weighted by molar-refractivity contribution is 5.98. The van der Waals surface area contributed by atoms with Crippen molar-refractivity contribution in [1.82, 2.24) is 9.88 Å². The molecule has 0 saturated heterocycles. The molecule has 0 spiro atoms. The van der Waals surface area contributed by atoms with Crippen LogP contribution in [-0.4, -0.2) is 61.2 Å². The first-order valence-electron chi connectivity index (χ1n) is 11.6. The number of pyridine rings is 1. The Balaban J connectivity index is 1.87. The quantitative estimate of drug-likeness (QED) is 0.456. The maximum absolute atomic E-state index is 14.9. The zero-order valence-electron chi connectivity index (χ0n) is 20.9. The molecular formula is C25H27F6N3O4. The highest BCUT2D eigenvalue weighted by atomic mass is 19.4. The van der Waals surface area contributed by atoms with Crippen LogP contribution in [-0.2, 0) is 26.2 Å². The lowest BCUT2D eigenvalue weighted by atomic mass is 9.89. The second-order valence-electron chi connectivity index (χ2n) is 9.43. The minimum absolute atomic E-state index is 0.0955. The Morgan fingerprint density at radius 2 is 1.92 bits per heavy atom. The van der Waals surface area contributed by atoms with Crippen LogP contribution in [0.5, 0.6) is 5.75 Å². The number of nitrogens with one attached hydrogen (secondary N) is 1. The number of nitrogens with zero attached hydrogens (tertiary/aromatic N) is 2. The minimum Gasteiger partial charge on any atom is -0.497 e. The smallest absolute Gasteiger partial charge is 0.397 e. The Hall–Kier alpha value is -3.35. The zero-order chi connectivity index (χ0) is 28.3. The van der Waals surface area contributed by atoms with Gasteiger partial charge in [-0.25, -0.2) is 13.2 Å². The Morgan fingerprint density at radius 3 is 2.53 bits per heavy atom. The summed E-state index contributed by atoms with van der Waals surface area (Å²) in [7, 11) is 1.44. The molecule has 7 nitrogen and oxygen atoms in total. The van der Waals surface area contributed by atoms with Gasteiger partial charge in [0, 0.05) is 18.0 Å². The number of halogens is 6. The van der Waals surface area contributed by atoms with Gasteiger partial charge in [-0.2, -0.15) is 13.2 Å². The van der Waals surface area contributed by atoms with E-state index in [-0.39, 0.29) is 31.0 Å². The number of anilines is 1. The van der Waals surface area contributed by atoms with Crippen molar-refractivity contribution in [3.05, 3.63) is 53.1 Å². The topological polar surface area (TPSA) is 80.8 Å². The molecule has 1 atom stereocenters. The average molecular weight is 547 g/mol. The highest BCUT2D eigenvalue weighted by Gasteiger charge is 2.41. The van der Waals surface area contributed by atoms with E-state index in [0.29, 0.717) is 16.9 Å². The van der Waals surface area contributed by atoms with Gasteiger partial charge < -0.3 is 19.7 Å². The van der Waals surface area contributed by atoms with Gasteiger partial charge in [0.2, 0.25) is 5.91 Å². The lowest BCUT2D eigenvalue weighted by Gasteiger charge is -2.36. The SMILES string of the molecule is COc1ccc2c(c1)CCN(C(=O)CC(F)(F)F)C2C(=O)Nc1cnc(C(C)(C)COCC(F)F)c(F)c1. The number of carbonyl (C=O) groups excluding carboxylic acids is 2. The molecule has 1 N–H and O–H groups in total. The number of carbonyl (C=O) groups is 2. The molecule has 1 aromatic heterocycles. The van der Waals surface area contributed by atoms with Crippen LogP contribution in [0.25, 0.3) is 0 Å². The lowest BCUT2D eigenvalue weighted by molar-refractivity contribution is -0.164. The van der Waals surface area contributed by atoms with Crippen LogP contribution >= 0.6 is 0 Å². The number of ether oxygens (including phenoxy) is 2. The number of aromatic nitrogens is 1. The normalized spacial score (nSPS) is 15.8. The van der Waals surface area contributed by atoms with E-state index < -0.39 is 54.7 Å². The third kappa shape index (κ3) is 7.15. The van der Waals surface area contributed by atoms with Gasteiger partial charge in [0.1, 0.15) is 30.6 Å². The number of benzene rings is 1. The largest absolute Gasteiger partial charge is 0.497 e. The summed E-state index contributed by atoms with van der Waals surface area (Å²) < 4.78 is 88.6. The molecule has 13 heteroatoms. The van der Waals surface area contributed by atoms with E-state index >= 15 is 0 Å². The second-order valence-corrected chi connectivity index (χ2v) is 9.43. The Morgan fingerprint density at radius 1 is 1.21 bits per heavy atom. The van der Waals surface area contributed by atoms with Gasteiger partial charge in [-0.15, -0.1) is 0 Å². The molecule has 2 heterocycles. The Labute approximate surface area is 215 Å².